The van der Waals surface area contributed by atoms with Gasteiger partial charge < -0.3 is 24.2 Å². The van der Waals surface area contributed by atoms with Gasteiger partial charge >= 0.3 is 11.9 Å². The van der Waals surface area contributed by atoms with Gasteiger partial charge in [-0.1, -0.05) is 26.0 Å². The number of benzene rings is 1. The fourth-order valence-corrected chi connectivity index (χ4v) is 3.73. The zero-order chi connectivity index (χ0) is 21.1. The van der Waals surface area contributed by atoms with Crippen LogP contribution in [0.25, 0.3) is 0 Å². The van der Waals surface area contributed by atoms with E-state index in [0.29, 0.717) is 5.75 Å². The van der Waals surface area contributed by atoms with E-state index in [0.717, 1.165) is 5.56 Å². The van der Waals surface area contributed by atoms with Gasteiger partial charge in [-0.2, -0.15) is 0 Å². The van der Waals surface area contributed by atoms with Gasteiger partial charge in [-0.15, -0.1) is 0 Å². The number of carbonyl (C=O) groups excluding carboxylic acids is 3. The summed E-state index contributed by atoms with van der Waals surface area (Å²) in [5, 5.41) is 10.8. The first-order valence-electron chi connectivity index (χ1n) is 9.05. The summed E-state index contributed by atoms with van der Waals surface area (Å²) in [5.74, 6) is -1.57. The minimum atomic E-state index is -1.83. The monoisotopic (exact) mass is 393 g/mol. The molecule has 0 aromatic heterocycles. The van der Waals surface area contributed by atoms with Crippen molar-refractivity contribution in [3.8, 4) is 5.75 Å². The quantitative estimate of drug-likeness (QED) is 0.696. The van der Waals surface area contributed by atoms with Gasteiger partial charge in [0.1, 0.15) is 18.0 Å². The summed E-state index contributed by atoms with van der Waals surface area (Å²) in [4.78, 5) is 38.7. The molecule has 1 N–H and O–H groups in total. The first-order chi connectivity index (χ1) is 13.2. The van der Waals surface area contributed by atoms with Gasteiger partial charge in [-0.3, -0.25) is 9.59 Å². The molecule has 8 nitrogen and oxygen atoms in total. The summed E-state index contributed by atoms with van der Waals surface area (Å²) in [7, 11) is 2.72. The highest BCUT2D eigenvalue weighted by atomic mass is 16.6. The van der Waals surface area contributed by atoms with Crippen molar-refractivity contribution < 1.29 is 33.7 Å². The lowest BCUT2D eigenvalue weighted by Crippen LogP contribution is -2.67. The molecule has 1 aliphatic rings. The third-order valence-corrected chi connectivity index (χ3v) is 4.97. The van der Waals surface area contributed by atoms with E-state index in [1.165, 1.54) is 18.9 Å². The molecule has 1 aromatic rings. The molecule has 0 aliphatic carbocycles. The number of esters is 2. The average Bonchev–Trinajstić information content (AvgIpc) is 2.90. The second-order valence-corrected chi connectivity index (χ2v) is 7.14. The van der Waals surface area contributed by atoms with E-state index in [2.05, 4.69) is 0 Å². The normalized spacial score (nSPS) is 22.9. The molecule has 1 aliphatic heterocycles. The van der Waals surface area contributed by atoms with Gasteiger partial charge in [0, 0.05) is 13.5 Å². The predicted molar refractivity (Wildman–Crippen MR) is 99.3 cm³/mol. The predicted octanol–water partition coefficient (Wildman–Crippen LogP) is 1.29. The van der Waals surface area contributed by atoms with E-state index in [9.17, 15) is 19.5 Å². The van der Waals surface area contributed by atoms with Crippen molar-refractivity contribution in [1.82, 2.24) is 4.90 Å². The number of aliphatic hydroxyl groups excluding tert-OH is 1. The van der Waals surface area contributed by atoms with Crippen LogP contribution in [0.2, 0.25) is 0 Å². The molecular weight excluding hydrogens is 366 g/mol. The molecule has 0 unspecified atom stereocenters. The van der Waals surface area contributed by atoms with E-state index in [1.807, 2.05) is 0 Å². The first kappa shape index (κ1) is 21.7. The molecule has 154 valence electrons. The zero-order valence-electron chi connectivity index (χ0n) is 16.8. The Hall–Kier alpha value is -2.61. The molecule has 1 amide bonds. The Morgan fingerprint density at radius 3 is 2.32 bits per heavy atom. The van der Waals surface area contributed by atoms with Crippen LogP contribution in [0.3, 0.4) is 0 Å². The smallest absolute Gasteiger partial charge is 0.338 e. The highest BCUT2D eigenvalue weighted by Gasteiger charge is 2.65. The molecule has 2 rings (SSSR count). The Labute approximate surface area is 164 Å². The van der Waals surface area contributed by atoms with Crippen LogP contribution in [0, 0.1) is 5.92 Å². The minimum Gasteiger partial charge on any atom is -0.497 e. The lowest BCUT2D eigenvalue weighted by molar-refractivity contribution is -0.187. The van der Waals surface area contributed by atoms with Crippen LogP contribution in [0.5, 0.6) is 5.75 Å². The third kappa shape index (κ3) is 3.82. The molecule has 0 bridgehead atoms. The molecule has 1 saturated heterocycles. The Bertz CT molecular complexity index is 731. The summed E-state index contributed by atoms with van der Waals surface area (Å²) in [6.07, 6.45) is -2.72. The summed E-state index contributed by atoms with van der Waals surface area (Å²) in [6.45, 7) is 4.76. The number of methoxy groups -OCH3 is 2. The van der Waals surface area contributed by atoms with Gasteiger partial charge in [0.25, 0.3) is 0 Å². The lowest BCUT2D eigenvalue weighted by Gasteiger charge is -2.44. The number of hydrogen-bond donors (Lipinski definition) is 1. The summed E-state index contributed by atoms with van der Waals surface area (Å²) in [6, 6.07) is 6.99. The van der Waals surface area contributed by atoms with Crippen LogP contribution in [0.4, 0.5) is 0 Å². The van der Waals surface area contributed by atoms with Crippen LogP contribution in [-0.2, 0) is 30.4 Å². The molecule has 0 saturated carbocycles. The van der Waals surface area contributed by atoms with Gasteiger partial charge in [-0.25, -0.2) is 4.79 Å². The largest absolute Gasteiger partial charge is 0.497 e. The Kier molecular flexibility index (Phi) is 6.66. The van der Waals surface area contributed by atoms with E-state index in [-0.39, 0.29) is 18.9 Å². The first-order valence-corrected chi connectivity index (χ1v) is 9.05. The standard InChI is InChI=1S/C20H27NO7/c1-12(2)18(28-13(3)22)20(19(25)27-5)16(23)10-17(24)21(20)11-14-6-8-15(26-4)9-7-14/h6-9,12,16,18,23H,10-11H2,1-5H3/t16-,18-,20-/m0/s1. The number of likely N-dealkylation sites (tertiary alicyclic amines) is 1. The number of amides is 1. The van der Waals surface area contributed by atoms with Crippen molar-refractivity contribution in [3.63, 3.8) is 0 Å². The highest BCUT2D eigenvalue weighted by molar-refractivity contribution is 5.94. The molecule has 1 aromatic carbocycles. The van der Waals surface area contributed by atoms with E-state index in [1.54, 1.807) is 45.2 Å². The maximum absolute atomic E-state index is 12.9. The summed E-state index contributed by atoms with van der Waals surface area (Å²) >= 11 is 0. The molecule has 3 atom stereocenters. The maximum Gasteiger partial charge on any atom is 0.338 e. The average molecular weight is 393 g/mol. The Balaban J connectivity index is 2.55. The zero-order valence-corrected chi connectivity index (χ0v) is 16.8. The van der Waals surface area contributed by atoms with Crippen molar-refractivity contribution in [2.75, 3.05) is 14.2 Å². The maximum atomic E-state index is 12.9. The lowest BCUT2D eigenvalue weighted by atomic mass is 9.80. The summed E-state index contributed by atoms with van der Waals surface area (Å²) in [5.41, 5.74) is -1.10. The van der Waals surface area contributed by atoms with E-state index < -0.39 is 35.6 Å². The van der Waals surface area contributed by atoms with Crippen LogP contribution >= 0.6 is 0 Å². The topological polar surface area (TPSA) is 102 Å². The second kappa shape index (κ2) is 8.60. The van der Waals surface area contributed by atoms with Crippen molar-refractivity contribution in [2.45, 2.75) is 51.5 Å². The van der Waals surface area contributed by atoms with Crippen LogP contribution in [-0.4, -0.2) is 59.8 Å². The Morgan fingerprint density at radius 1 is 1.25 bits per heavy atom. The number of nitrogens with zero attached hydrogens (tertiary/aromatic N) is 1. The van der Waals surface area contributed by atoms with Gasteiger partial charge in [0.2, 0.25) is 11.4 Å². The van der Waals surface area contributed by atoms with Crippen molar-refractivity contribution in [3.05, 3.63) is 29.8 Å². The number of ether oxygens (including phenoxy) is 3. The summed E-state index contributed by atoms with van der Waals surface area (Å²) < 4.78 is 15.5. The Morgan fingerprint density at radius 2 is 1.86 bits per heavy atom. The number of aliphatic hydroxyl groups is 1. The fraction of sp³-hybridized carbons (Fsp3) is 0.550. The number of hydrogen-bond acceptors (Lipinski definition) is 7. The van der Waals surface area contributed by atoms with Crippen molar-refractivity contribution in [1.29, 1.82) is 0 Å². The molecule has 8 heteroatoms. The highest BCUT2D eigenvalue weighted by Crippen LogP contribution is 2.40. The van der Waals surface area contributed by atoms with E-state index in [4.69, 9.17) is 14.2 Å². The number of rotatable bonds is 7. The SMILES string of the molecule is COC(=O)[C@@]1([C@@H](OC(C)=O)C(C)C)[C@@H](O)CC(=O)N1Cc1ccc(OC)cc1. The van der Waals surface area contributed by atoms with Crippen LogP contribution < -0.4 is 4.74 Å². The van der Waals surface area contributed by atoms with E-state index >= 15 is 0 Å². The third-order valence-electron chi connectivity index (χ3n) is 4.97. The molecule has 0 radical (unpaired) electrons. The van der Waals surface area contributed by atoms with Crippen LogP contribution in [0.15, 0.2) is 24.3 Å². The van der Waals surface area contributed by atoms with Gasteiger partial charge in [0.05, 0.1) is 20.6 Å². The number of carbonyl (C=O) groups is 3. The second-order valence-electron chi connectivity index (χ2n) is 7.14. The van der Waals surface area contributed by atoms with Crippen molar-refractivity contribution in [2.24, 2.45) is 5.92 Å². The molecule has 0 spiro atoms. The van der Waals surface area contributed by atoms with Crippen LogP contribution in [0.1, 0.15) is 32.8 Å². The molecule has 28 heavy (non-hydrogen) atoms. The fourth-order valence-electron chi connectivity index (χ4n) is 3.73. The van der Waals surface area contributed by atoms with Crippen molar-refractivity contribution >= 4 is 17.8 Å². The molecule has 1 heterocycles. The van der Waals surface area contributed by atoms with Gasteiger partial charge in [-0.05, 0) is 23.6 Å². The minimum absolute atomic E-state index is 0.0411. The molecule has 1 fully saturated rings. The molecular formula is C20H27NO7. The van der Waals surface area contributed by atoms with Gasteiger partial charge in [0.15, 0.2) is 0 Å².